The molecule has 1 aromatic heterocycles. The summed E-state index contributed by atoms with van der Waals surface area (Å²) in [5, 5.41) is 11.5. The van der Waals surface area contributed by atoms with Crippen LogP contribution in [0.2, 0.25) is 0 Å². The standard InChI is InChI=1S/C17H17N3O2S/c1-21-13-9-7-12(8-10-13)17-20-19-16(22-17)11-18-14-5-3-4-6-15(14)23-2/h3-10,18H,11H2,1-2H3. The fourth-order valence-electron chi connectivity index (χ4n) is 2.14. The first-order chi connectivity index (χ1) is 11.3. The highest BCUT2D eigenvalue weighted by atomic mass is 32.2. The van der Waals surface area contributed by atoms with E-state index in [1.165, 1.54) is 4.90 Å². The Morgan fingerprint density at radius 1 is 1.09 bits per heavy atom. The van der Waals surface area contributed by atoms with Crippen LogP contribution in [0.3, 0.4) is 0 Å². The normalized spacial score (nSPS) is 10.5. The predicted molar refractivity (Wildman–Crippen MR) is 91.8 cm³/mol. The summed E-state index contributed by atoms with van der Waals surface area (Å²) < 4.78 is 10.8. The summed E-state index contributed by atoms with van der Waals surface area (Å²) in [6, 6.07) is 15.7. The average molecular weight is 327 g/mol. The second-order valence-corrected chi connectivity index (χ2v) is 5.63. The Morgan fingerprint density at radius 2 is 1.87 bits per heavy atom. The van der Waals surface area contributed by atoms with E-state index in [1.807, 2.05) is 42.5 Å². The van der Waals surface area contributed by atoms with Crippen LogP contribution in [0.4, 0.5) is 5.69 Å². The molecule has 0 unspecified atom stereocenters. The van der Waals surface area contributed by atoms with Crippen LogP contribution in [0, 0.1) is 0 Å². The molecule has 0 amide bonds. The maximum absolute atomic E-state index is 5.71. The second-order valence-electron chi connectivity index (χ2n) is 4.78. The minimum atomic E-state index is 0.487. The molecule has 6 heteroatoms. The van der Waals surface area contributed by atoms with Crippen LogP contribution in [0.25, 0.3) is 11.5 Å². The fourth-order valence-corrected chi connectivity index (χ4v) is 2.71. The van der Waals surface area contributed by atoms with Gasteiger partial charge in [0.25, 0.3) is 0 Å². The molecular weight excluding hydrogens is 310 g/mol. The number of anilines is 1. The molecule has 1 heterocycles. The van der Waals surface area contributed by atoms with Gasteiger partial charge in [0.2, 0.25) is 11.8 Å². The molecule has 0 aliphatic heterocycles. The number of methoxy groups -OCH3 is 1. The zero-order valence-electron chi connectivity index (χ0n) is 12.9. The zero-order valence-corrected chi connectivity index (χ0v) is 13.8. The van der Waals surface area contributed by atoms with Gasteiger partial charge in [-0.2, -0.15) is 0 Å². The van der Waals surface area contributed by atoms with Gasteiger partial charge in [-0.15, -0.1) is 22.0 Å². The number of nitrogens with one attached hydrogen (secondary N) is 1. The summed E-state index contributed by atoms with van der Waals surface area (Å²) in [5.41, 5.74) is 1.93. The van der Waals surface area contributed by atoms with Crippen LogP contribution >= 0.6 is 11.8 Å². The molecule has 3 aromatic rings. The van der Waals surface area contributed by atoms with Crippen LogP contribution < -0.4 is 10.1 Å². The molecule has 0 aliphatic carbocycles. The number of para-hydroxylation sites is 1. The van der Waals surface area contributed by atoms with Crippen LogP contribution in [0.5, 0.6) is 5.75 Å². The molecule has 0 aliphatic rings. The third kappa shape index (κ3) is 3.65. The van der Waals surface area contributed by atoms with Gasteiger partial charge in [0.1, 0.15) is 5.75 Å². The van der Waals surface area contributed by atoms with Crippen molar-refractivity contribution in [1.82, 2.24) is 10.2 Å². The van der Waals surface area contributed by atoms with E-state index in [0.29, 0.717) is 18.3 Å². The van der Waals surface area contributed by atoms with Crippen molar-refractivity contribution in [3.63, 3.8) is 0 Å². The maximum atomic E-state index is 5.71. The summed E-state index contributed by atoms with van der Waals surface area (Å²) in [6.45, 7) is 0.487. The Kier molecular flexibility index (Phi) is 4.83. The van der Waals surface area contributed by atoms with Gasteiger partial charge in [-0.25, -0.2) is 0 Å². The Hall–Kier alpha value is -2.47. The number of benzene rings is 2. The Bertz CT molecular complexity index is 772. The molecule has 23 heavy (non-hydrogen) atoms. The fraction of sp³-hybridized carbons (Fsp3) is 0.176. The first kappa shape index (κ1) is 15.4. The van der Waals surface area contributed by atoms with E-state index in [9.17, 15) is 0 Å². The van der Waals surface area contributed by atoms with Gasteiger partial charge >= 0.3 is 0 Å². The molecule has 5 nitrogen and oxygen atoms in total. The smallest absolute Gasteiger partial charge is 0.247 e. The Labute approximate surface area is 139 Å². The number of hydrogen-bond donors (Lipinski definition) is 1. The molecule has 118 valence electrons. The minimum absolute atomic E-state index is 0.487. The highest BCUT2D eigenvalue weighted by molar-refractivity contribution is 7.98. The van der Waals surface area contributed by atoms with E-state index in [0.717, 1.165) is 17.0 Å². The average Bonchev–Trinajstić information content (AvgIpc) is 3.09. The monoisotopic (exact) mass is 327 g/mol. The molecule has 3 rings (SSSR count). The van der Waals surface area contributed by atoms with Crippen molar-refractivity contribution in [1.29, 1.82) is 0 Å². The van der Waals surface area contributed by atoms with E-state index in [-0.39, 0.29) is 0 Å². The highest BCUT2D eigenvalue weighted by Gasteiger charge is 2.09. The number of aromatic nitrogens is 2. The summed E-state index contributed by atoms with van der Waals surface area (Å²) >= 11 is 1.70. The first-order valence-electron chi connectivity index (χ1n) is 7.14. The van der Waals surface area contributed by atoms with Crippen LogP contribution in [0.15, 0.2) is 57.8 Å². The molecule has 0 saturated carbocycles. The van der Waals surface area contributed by atoms with E-state index < -0.39 is 0 Å². The van der Waals surface area contributed by atoms with Crippen LogP contribution in [-0.2, 0) is 6.54 Å². The lowest BCUT2D eigenvalue weighted by Crippen LogP contribution is -2.00. The lowest BCUT2D eigenvalue weighted by Gasteiger charge is -2.07. The van der Waals surface area contributed by atoms with Crippen LogP contribution in [-0.4, -0.2) is 23.6 Å². The summed E-state index contributed by atoms with van der Waals surface area (Å²) in [6.07, 6.45) is 2.05. The Balaban J connectivity index is 1.69. The van der Waals surface area contributed by atoms with Crippen LogP contribution in [0.1, 0.15) is 5.89 Å². The molecule has 0 spiro atoms. The third-order valence-electron chi connectivity index (χ3n) is 3.34. The lowest BCUT2D eigenvalue weighted by molar-refractivity contribution is 0.415. The number of thioether (sulfide) groups is 1. The number of ether oxygens (including phenoxy) is 1. The van der Waals surface area contributed by atoms with Crippen molar-refractivity contribution >= 4 is 17.4 Å². The van der Waals surface area contributed by atoms with Crippen molar-refractivity contribution in [3.05, 3.63) is 54.4 Å². The predicted octanol–water partition coefficient (Wildman–Crippen LogP) is 4.08. The Morgan fingerprint density at radius 3 is 2.61 bits per heavy atom. The highest BCUT2D eigenvalue weighted by Crippen LogP contribution is 2.25. The number of hydrogen-bond acceptors (Lipinski definition) is 6. The van der Waals surface area contributed by atoms with Gasteiger partial charge < -0.3 is 14.5 Å². The minimum Gasteiger partial charge on any atom is -0.497 e. The molecule has 0 atom stereocenters. The lowest BCUT2D eigenvalue weighted by atomic mass is 10.2. The van der Waals surface area contributed by atoms with E-state index >= 15 is 0 Å². The van der Waals surface area contributed by atoms with Gasteiger partial charge in [0.05, 0.1) is 13.7 Å². The van der Waals surface area contributed by atoms with E-state index in [1.54, 1.807) is 18.9 Å². The van der Waals surface area contributed by atoms with Crippen molar-refractivity contribution in [3.8, 4) is 17.2 Å². The zero-order chi connectivity index (χ0) is 16.1. The molecule has 0 bridgehead atoms. The van der Waals surface area contributed by atoms with Gasteiger partial charge in [0.15, 0.2) is 0 Å². The molecule has 0 fully saturated rings. The molecule has 2 aromatic carbocycles. The van der Waals surface area contributed by atoms with Crippen molar-refractivity contribution in [2.24, 2.45) is 0 Å². The topological polar surface area (TPSA) is 60.2 Å². The summed E-state index contributed by atoms with van der Waals surface area (Å²) in [7, 11) is 1.64. The molecule has 0 saturated heterocycles. The quantitative estimate of drug-likeness (QED) is 0.688. The van der Waals surface area contributed by atoms with Gasteiger partial charge in [-0.05, 0) is 42.7 Å². The summed E-state index contributed by atoms with van der Waals surface area (Å²) in [5.74, 6) is 1.85. The second kappa shape index (κ2) is 7.19. The maximum Gasteiger partial charge on any atom is 0.247 e. The van der Waals surface area contributed by atoms with Gasteiger partial charge in [-0.1, -0.05) is 12.1 Å². The van der Waals surface area contributed by atoms with E-state index in [4.69, 9.17) is 9.15 Å². The van der Waals surface area contributed by atoms with Gasteiger partial charge in [0, 0.05) is 16.1 Å². The van der Waals surface area contributed by atoms with Gasteiger partial charge in [-0.3, -0.25) is 0 Å². The van der Waals surface area contributed by atoms with Crippen molar-refractivity contribution < 1.29 is 9.15 Å². The molecule has 0 radical (unpaired) electrons. The number of rotatable bonds is 6. The molecular formula is C17H17N3O2S. The SMILES string of the molecule is COc1ccc(-c2nnc(CNc3ccccc3SC)o2)cc1. The summed E-state index contributed by atoms with van der Waals surface area (Å²) in [4.78, 5) is 1.18. The van der Waals surface area contributed by atoms with Crippen molar-refractivity contribution in [2.75, 3.05) is 18.7 Å². The van der Waals surface area contributed by atoms with E-state index in [2.05, 4.69) is 27.8 Å². The number of nitrogens with zero attached hydrogens (tertiary/aromatic N) is 2. The first-order valence-corrected chi connectivity index (χ1v) is 8.36. The molecule has 1 N–H and O–H groups in total. The van der Waals surface area contributed by atoms with Crippen molar-refractivity contribution in [2.45, 2.75) is 11.4 Å². The third-order valence-corrected chi connectivity index (χ3v) is 4.14. The largest absolute Gasteiger partial charge is 0.497 e.